The summed E-state index contributed by atoms with van der Waals surface area (Å²) in [5.41, 5.74) is 6.02. The first-order valence-corrected chi connectivity index (χ1v) is 8.16. The molecule has 27 heavy (non-hydrogen) atoms. The summed E-state index contributed by atoms with van der Waals surface area (Å²) in [5, 5.41) is 1.96. The van der Waals surface area contributed by atoms with Crippen LogP contribution in [-0.2, 0) is 11.4 Å². The first-order chi connectivity index (χ1) is 13.1. The molecule has 2 amide bonds. The number of hydrogen-bond donors (Lipinski definition) is 2. The minimum atomic E-state index is -1.01. The lowest BCUT2D eigenvalue weighted by Gasteiger charge is -2.14. The van der Waals surface area contributed by atoms with E-state index < -0.39 is 12.0 Å². The molecular formula is C18H21N3O6. The highest BCUT2D eigenvalue weighted by Gasteiger charge is 2.18. The van der Waals surface area contributed by atoms with Gasteiger partial charge in [-0.2, -0.15) is 0 Å². The van der Waals surface area contributed by atoms with Crippen LogP contribution in [0.1, 0.15) is 12.5 Å². The van der Waals surface area contributed by atoms with Gasteiger partial charge in [-0.25, -0.2) is 9.78 Å². The number of pyridine rings is 1. The van der Waals surface area contributed by atoms with Gasteiger partial charge in [-0.05, 0) is 24.6 Å². The van der Waals surface area contributed by atoms with Crippen LogP contribution in [0.5, 0.6) is 23.1 Å². The molecule has 0 aliphatic rings. The van der Waals surface area contributed by atoms with Gasteiger partial charge in [-0.1, -0.05) is 12.1 Å². The van der Waals surface area contributed by atoms with Crippen LogP contribution >= 0.6 is 0 Å². The Morgan fingerprint density at radius 2 is 2.04 bits per heavy atom. The zero-order valence-electron chi connectivity index (χ0n) is 15.1. The molecule has 0 fully saturated rings. The van der Waals surface area contributed by atoms with Gasteiger partial charge in [0.25, 0.3) is 5.88 Å². The smallest absolute Gasteiger partial charge is 0.420 e. The summed E-state index contributed by atoms with van der Waals surface area (Å²) < 4.78 is 21.5. The number of nitrogens with one attached hydrogen (secondary N) is 1. The molecule has 0 saturated carbocycles. The number of nitrogens with zero attached hydrogens (tertiary/aromatic N) is 1. The number of amides is 2. The third kappa shape index (κ3) is 5.86. The zero-order chi connectivity index (χ0) is 19.6. The van der Waals surface area contributed by atoms with Crippen molar-refractivity contribution in [1.29, 1.82) is 0 Å². The Morgan fingerprint density at radius 3 is 2.74 bits per heavy atom. The van der Waals surface area contributed by atoms with Crippen molar-refractivity contribution in [2.75, 3.05) is 20.3 Å². The number of carbonyl (C=O) groups excluding carboxylic acids is 2. The second kappa shape index (κ2) is 9.97. The Labute approximate surface area is 156 Å². The van der Waals surface area contributed by atoms with Crippen molar-refractivity contribution in [3.63, 3.8) is 0 Å². The number of imide groups is 1. The Kier molecular flexibility index (Phi) is 7.38. The molecule has 9 nitrogen and oxygen atoms in total. The molecule has 144 valence electrons. The van der Waals surface area contributed by atoms with Crippen LogP contribution in [0.4, 0.5) is 4.79 Å². The fourth-order valence-electron chi connectivity index (χ4n) is 2.08. The predicted molar refractivity (Wildman–Crippen MR) is 96.0 cm³/mol. The van der Waals surface area contributed by atoms with E-state index in [-0.39, 0.29) is 24.8 Å². The molecule has 0 unspecified atom stereocenters. The monoisotopic (exact) mass is 375 g/mol. The molecule has 0 saturated heterocycles. The Balaban J connectivity index is 2.15. The van der Waals surface area contributed by atoms with Crippen LogP contribution < -0.4 is 30.0 Å². The van der Waals surface area contributed by atoms with Crippen LogP contribution in [0.3, 0.4) is 0 Å². The van der Waals surface area contributed by atoms with E-state index in [0.717, 1.165) is 5.56 Å². The highest BCUT2D eigenvalue weighted by molar-refractivity contribution is 5.93. The highest BCUT2D eigenvalue weighted by Crippen LogP contribution is 2.36. The van der Waals surface area contributed by atoms with E-state index in [2.05, 4.69) is 4.98 Å². The van der Waals surface area contributed by atoms with Crippen LogP contribution in [0.25, 0.3) is 0 Å². The van der Waals surface area contributed by atoms with E-state index >= 15 is 0 Å². The Hall–Kier alpha value is -3.33. The maximum atomic E-state index is 11.7. The fraction of sp³-hybridized carbons (Fsp3) is 0.278. The molecule has 3 N–H and O–H groups in total. The lowest BCUT2D eigenvalue weighted by Crippen LogP contribution is -2.37. The van der Waals surface area contributed by atoms with Crippen molar-refractivity contribution < 1.29 is 28.5 Å². The van der Waals surface area contributed by atoms with Crippen molar-refractivity contribution in [2.45, 2.75) is 13.5 Å². The molecule has 1 aromatic heterocycles. The standard InChI is InChI=1S/C18H21N3O6/c1-3-25-16-14(26-11-12-5-4-6-13(9-12)24-2)7-8-20-17(16)27-18(23)21-15(22)10-19/h4-9H,3,10-11,19H2,1-2H3,(H,21,22,23). The van der Waals surface area contributed by atoms with Gasteiger partial charge >= 0.3 is 6.09 Å². The van der Waals surface area contributed by atoms with Crippen LogP contribution in [-0.4, -0.2) is 37.2 Å². The number of nitrogens with two attached hydrogens (primary N) is 1. The first-order valence-electron chi connectivity index (χ1n) is 8.16. The van der Waals surface area contributed by atoms with Gasteiger partial charge in [0.1, 0.15) is 12.4 Å². The normalized spacial score (nSPS) is 10.0. The van der Waals surface area contributed by atoms with Gasteiger partial charge in [0, 0.05) is 12.3 Å². The molecule has 2 rings (SSSR count). The van der Waals surface area contributed by atoms with E-state index in [1.807, 2.05) is 29.6 Å². The zero-order valence-corrected chi connectivity index (χ0v) is 15.1. The summed E-state index contributed by atoms with van der Waals surface area (Å²) in [4.78, 5) is 26.9. The predicted octanol–water partition coefficient (Wildman–Crippen LogP) is 1.64. The highest BCUT2D eigenvalue weighted by atomic mass is 16.6. The largest absolute Gasteiger partial charge is 0.497 e. The fourth-order valence-corrected chi connectivity index (χ4v) is 2.08. The van der Waals surface area contributed by atoms with E-state index in [4.69, 9.17) is 24.7 Å². The van der Waals surface area contributed by atoms with Gasteiger partial charge < -0.3 is 24.7 Å². The van der Waals surface area contributed by atoms with Crippen LogP contribution in [0.2, 0.25) is 0 Å². The molecule has 0 radical (unpaired) electrons. The average molecular weight is 375 g/mol. The maximum absolute atomic E-state index is 11.7. The summed E-state index contributed by atoms with van der Waals surface area (Å²) >= 11 is 0. The number of rotatable bonds is 8. The number of aromatic nitrogens is 1. The minimum absolute atomic E-state index is 0.123. The molecule has 0 atom stereocenters. The molecule has 0 spiro atoms. The quantitative estimate of drug-likeness (QED) is 0.714. The van der Waals surface area contributed by atoms with Crippen molar-refractivity contribution in [2.24, 2.45) is 5.73 Å². The number of benzene rings is 1. The van der Waals surface area contributed by atoms with Crippen molar-refractivity contribution in [3.8, 4) is 23.1 Å². The number of methoxy groups -OCH3 is 1. The first kappa shape index (κ1) is 20.0. The molecule has 2 aromatic rings. The lowest BCUT2D eigenvalue weighted by atomic mass is 10.2. The van der Waals surface area contributed by atoms with E-state index in [1.165, 1.54) is 6.20 Å². The molecule has 9 heteroatoms. The van der Waals surface area contributed by atoms with E-state index in [9.17, 15) is 9.59 Å². The second-order valence-corrected chi connectivity index (χ2v) is 5.16. The average Bonchev–Trinajstić information content (AvgIpc) is 2.68. The van der Waals surface area contributed by atoms with Crippen LogP contribution in [0.15, 0.2) is 36.5 Å². The summed E-state index contributed by atoms with van der Waals surface area (Å²) in [6.45, 7) is 1.95. The third-order valence-corrected chi connectivity index (χ3v) is 3.27. The second-order valence-electron chi connectivity index (χ2n) is 5.16. The Morgan fingerprint density at radius 1 is 1.22 bits per heavy atom. The number of ether oxygens (including phenoxy) is 4. The SMILES string of the molecule is CCOc1c(OCc2cccc(OC)c2)ccnc1OC(=O)NC(=O)CN. The van der Waals surface area contributed by atoms with Gasteiger partial charge in [0.05, 0.1) is 20.3 Å². The number of carbonyl (C=O) groups is 2. The molecular weight excluding hydrogens is 354 g/mol. The van der Waals surface area contributed by atoms with Gasteiger partial charge in [-0.3, -0.25) is 10.1 Å². The topological polar surface area (TPSA) is 122 Å². The van der Waals surface area contributed by atoms with E-state index in [0.29, 0.717) is 18.1 Å². The van der Waals surface area contributed by atoms with Crippen molar-refractivity contribution in [3.05, 3.63) is 42.1 Å². The molecule has 1 heterocycles. The van der Waals surface area contributed by atoms with Crippen molar-refractivity contribution >= 4 is 12.0 Å². The minimum Gasteiger partial charge on any atom is -0.497 e. The third-order valence-electron chi connectivity index (χ3n) is 3.27. The molecule has 1 aromatic carbocycles. The molecule has 0 aliphatic carbocycles. The molecule has 0 aliphatic heterocycles. The Bertz CT molecular complexity index is 796. The maximum Gasteiger partial charge on any atom is 0.420 e. The summed E-state index contributed by atoms with van der Waals surface area (Å²) in [6.07, 6.45) is 0.389. The van der Waals surface area contributed by atoms with Gasteiger partial charge in [-0.15, -0.1) is 0 Å². The summed E-state index contributed by atoms with van der Waals surface area (Å²) in [5.74, 6) is 0.396. The van der Waals surface area contributed by atoms with Crippen LogP contribution in [0, 0.1) is 0 Å². The number of hydrogen-bond acceptors (Lipinski definition) is 8. The molecule has 0 bridgehead atoms. The van der Waals surface area contributed by atoms with Crippen molar-refractivity contribution in [1.82, 2.24) is 10.3 Å². The van der Waals surface area contributed by atoms with Gasteiger partial charge in [0.15, 0.2) is 5.75 Å². The van der Waals surface area contributed by atoms with Gasteiger partial charge in [0.2, 0.25) is 11.7 Å². The van der Waals surface area contributed by atoms with E-state index in [1.54, 1.807) is 20.1 Å². The summed E-state index contributed by atoms with van der Waals surface area (Å²) in [6, 6.07) is 8.98. The lowest BCUT2D eigenvalue weighted by molar-refractivity contribution is -0.118. The summed E-state index contributed by atoms with van der Waals surface area (Å²) in [7, 11) is 1.58.